The lowest BCUT2D eigenvalue weighted by molar-refractivity contribution is -0.137. The van der Waals surface area contributed by atoms with Crippen LogP contribution in [0.3, 0.4) is 0 Å². The summed E-state index contributed by atoms with van der Waals surface area (Å²) in [7, 11) is 0. The summed E-state index contributed by atoms with van der Waals surface area (Å²) in [5.41, 5.74) is 1.49. The van der Waals surface area contributed by atoms with Gasteiger partial charge in [-0.05, 0) is 37.2 Å². The maximum absolute atomic E-state index is 11.1. The summed E-state index contributed by atoms with van der Waals surface area (Å²) in [6.45, 7) is 2.18. The molecular weight excluding hydrogens is 176 g/mol. The molecule has 12 heavy (non-hydrogen) atoms. The van der Waals surface area contributed by atoms with Crippen molar-refractivity contribution < 1.29 is 9.53 Å². The predicted octanol–water partition coefficient (Wildman–Crippen LogP) is 2.23. The van der Waals surface area contributed by atoms with Gasteiger partial charge in [0, 0.05) is 0 Å². The topological polar surface area (TPSA) is 26.3 Å². The lowest BCUT2D eigenvalue weighted by Crippen LogP contribution is -2.03. The Labute approximate surface area is 76.5 Å². The number of hydrogen-bond donors (Lipinski definition) is 0. The van der Waals surface area contributed by atoms with Gasteiger partial charge in [0.15, 0.2) is 0 Å². The van der Waals surface area contributed by atoms with E-state index in [0.717, 1.165) is 12.0 Å². The van der Waals surface area contributed by atoms with Crippen LogP contribution in [0, 0.1) is 5.41 Å². The molecule has 0 aromatic rings. The van der Waals surface area contributed by atoms with Crippen LogP contribution in [0.15, 0.2) is 10.6 Å². The molecule has 0 saturated heterocycles. The lowest BCUT2D eigenvalue weighted by Gasteiger charge is -1.97. The fraction of sp³-hybridized carbons (Fsp3) is 0.667. The van der Waals surface area contributed by atoms with Gasteiger partial charge in [-0.15, -0.1) is 0 Å². The molecule has 0 aromatic carbocycles. The monoisotopic (exact) mass is 186 g/mol. The first-order valence-electron chi connectivity index (χ1n) is 4.26. The largest absolute Gasteiger partial charge is 0.462 e. The smallest absolute Gasteiger partial charge is 0.349 e. The van der Waals surface area contributed by atoms with Crippen LogP contribution in [0.4, 0.5) is 0 Å². The SMILES string of the molecule is CCOC(=O)/C(Cl)=C1/CC12CC2. The third-order valence-electron chi connectivity index (χ3n) is 2.60. The zero-order valence-electron chi connectivity index (χ0n) is 7.02. The Morgan fingerprint density at radius 3 is 2.75 bits per heavy atom. The van der Waals surface area contributed by atoms with Gasteiger partial charge < -0.3 is 4.74 Å². The Morgan fingerprint density at radius 1 is 1.67 bits per heavy atom. The number of allylic oxidation sites excluding steroid dienone is 1. The summed E-state index contributed by atoms with van der Waals surface area (Å²) in [5, 5.41) is 0.342. The fourth-order valence-corrected chi connectivity index (χ4v) is 1.87. The van der Waals surface area contributed by atoms with Crippen molar-refractivity contribution in [2.45, 2.75) is 26.2 Å². The molecule has 0 amide bonds. The van der Waals surface area contributed by atoms with E-state index in [2.05, 4.69) is 0 Å². The van der Waals surface area contributed by atoms with Gasteiger partial charge in [-0.1, -0.05) is 11.6 Å². The molecule has 0 bridgehead atoms. The van der Waals surface area contributed by atoms with Gasteiger partial charge in [0.1, 0.15) is 5.03 Å². The van der Waals surface area contributed by atoms with Gasteiger partial charge >= 0.3 is 5.97 Å². The van der Waals surface area contributed by atoms with E-state index in [-0.39, 0.29) is 5.97 Å². The highest BCUT2D eigenvalue weighted by Gasteiger charge is 2.60. The summed E-state index contributed by atoms with van der Waals surface area (Å²) in [4.78, 5) is 11.1. The molecule has 2 rings (SSSR count). The lowest BCUT2D eigenvalue weighted by atomic mass is 10.3. The Kier molecular flexibility index (Phi) is 1.69. The van der Waals surface area contributed by atoms with E-state index in [4.69, 9.17) is 16.3 Å². The minimum atomic E-state index is -0.349. The molecule has 0 aromatic heterocycles. The van der Waals surface area contributed by atoms with Crippen molar-refractivity contribution in [1.82, 2.24) is 0 Å². The molecular formula is C9H11ClO2. The summed E-state index contributed by atoms with van der Waals surface area (Å²) in [5.74, 6) is -0.349. The molecule has 3 heteroatoms. The first-order valence-corrected chi connectivity index (χ1v) is 4.64. The van der Waals surface area contributed by atoms with Crippen LogP contribution in [0.25, 0.3) is 0 Å². The number of rotatable bonds is 2. The Balaban J connectivity index is 2.05. The Bertz CT molecular complexity index is 264. The molecule has 2 saturated carbocycles. The van der Waals surface area contributed by atoms with Crippen LogP contribution < -0.4 is 0 Å². The highest BCUT2D eigenvalue weighted by molar-refractivity contribution is 6.42. The summed E-state index contributed by atoms with van der Waals surface area (Å²) in [6.07, 6.45) is 3.43. The third-order valence-corrected chi connectivity index (χ3v) is 2.99. The van der Waals surface area contributed by atoms with Crippen LogP contribution in [0.1, 0.15) is 26.2 Å². The summed E-state index contributed by atoms with van der Waals surface area (Å²) in [6, 6.07) is 0. The molecule has 0 aliphatic heterocycles. The van der Waals surface area contributed by atoms with Crippen molar-refractivity contribution in [3.8, 4) is 0 Å². The molecule has 2 aliphatic rings. The second kappa shape index (κ2) is 2.49. The van der Waals surface area contributed by atoms with Crippen LogP contribution in [0.2, 0.25) is 0 Å². The van der Waals surface area contributed by atoms with E-state index in [1.54, 1.807) is 6.92 Å². The van der Waals surface area contributed by atoms with Crippen molar-refractivity contribution in [2.24, 2.45) is 5.41 Å². The van der Waals surface area contributed by atoms with Crippen LogP contribution in [0.5, 0.6) is 0 Å². The van der Waals surface area contributed by atoms with Gasteiger partial charge in [0.25, 0.3) is 0 Å². The molecule has 2 fully saturated rings. The van der Waals surface area contributed by atoms with Gasteiger partial charge in [0.05, 0.1) is 6.61 Å². The summed E-state index contributed by atoms with van der Waals surface area (Å²) >= 11 is 5.84. The van der Waals surface area contributed by atoms with Crippen molar-refractivity contribution >= 4 is 17.6 Å². The average Bonchev–Trinajstić information content (AvgIpc) is 2.93. The minimum Gasteiger partial charge on any atom is -0.462 e. The molecule has 0 N–H and O–H groups in total. The highest BCUT2D eigenvalue weighted by atomic mass is 35.5. The number of carbonyl (C=O) groups excluding carboxylic acids is 1. The molecule has 2 aliphatic carbocycles. The maximum Gasteiger partial charge on any atom is 0.349 e. The molecule has 0 atom stereocenters. The number of esters is 1. The van der Waals surface area contributed by atoms with Gasteiger partial charge in [-0.25, -0.2) is 4.79 Å². The van der Waals surface area contributed by atoms with Crippen molar-refractivity contribution in [3.63, 3.8) is 0 Å². The van der Waals surface area contributed by atoms with E-state index in [9.17, 15) is 4.79 Å². The number of carbonyl (C=O) groups is 1. The first kappa shape index (κ1) is 8.11. The van der Waals surface area contributed by atoms with Gasteiger partial charge in [-0.2, -0.15) is 0 Å². The quantitative estimate of drug-likeness (QED) is 0.488. The molecule has 66 valence electrons. The average molecular weight is 187 g/mol. The minimum absolute atomic E-state index is 0.342. The second-order valence-electron chi connectivity index (χ2n) is 3.47. The van der Waals surface area contributed by atoms with Crippen molar-refractivity contribution in [1.29, 1.82) is 0 Å². The van der Waals surface area contributed by atoms with E-state index < -0.39 is 0 Å². The fourth-order valence-electron chi connectivity index (χ4n) is 1.55. The normalized spacial score (nSPS) is 26.8. The summed E-state index contributed by atoms with van der Waals surface area (Å²) < 4.78 is 4.80. The highest BCUT2D eigenvalue weighted by Crippen LogP contribution is 2.71. The van der Waals surface area contributed by atoms with E-state index in [1.807, 2.05) is 0 Å². The predicted molar refractivity (Wildman–Crippen MR) is 45.8 cm³/mol. The zero-order valence-corrected chi connectivity index (χ0v) is 7.78. The maximum atomic E-state index is 11.1. The van der Waals surface area contributed by atoms with Crippen LogP contribution in [-0.4, -0.2) is 12.6 Å². The third kappa shape index (κ3) is 1.14. The van der Waals surface area contributed by atoms with Crippen molar-refractivity contribution in [2.75, 3.05) is 6.61 Å². The van der Waals surface area contributed by atoms with Gasteiger partial charge in [-0.3, -0.25) is 0 Å². The van der Waals surface area contributed by atoms with E-state index >= 15 is 0 Å². The van der Waals surface area contributed by atoms with Gasteiger partial charge in [0.2, 0.25) is 0 Å². The van der Waals surface area contributed by atoms with E-state index in [1.165, 1.54) is 12.8 Å². The number of ether oxygens (including phenoxy) is 1. The molecule has 0 unspecified atom stereocenters. The van der Waals surface area contributed by atoms with Crippen LogP contribution >= 0.6 is 11.6 Å². The van der Waals surface area contributed by atoms with Crippen LogP contribution in [-0.2, 0) is 9.53 Å². The molecule has 0 radical (unpaired) electrons. The number of halogens is 1. The van der Waals surface area contributed by atoms with E-state index in [0.29, 0.717) is 17.1 Å². The molecule has 0 heterocycles. The first-order chi connectivity index (χ1) is 5.69. The Morgan fingerprint density at radius 2 is 2.33 bits per heavy atom. The molecule has 2 nitrogen and oxygen atoms in total. The Hall–Kier alpha value is -0.500. The standard InChI is InChI=1S/C9H11ClO2/c1-2-12-8(11)7(10)6-5-9(6)3-4-9/h2-5H2,1H3/b7-6+. The molecule has 1 spiro atoms. The second-order valence-corrected chi connectivity index (χ2v) is 3.85. The zero-order chi connectivity index (χ0) is 8.77. The number of hydrogen-bond acceptors (Lipinski definition) is 2. The van der Waals surface area contributed by atoms with Crippen molar-refractivity contribution in [3.05, 3.63) is 10.6 Å².